The largest absolute Gasteiger partial charge is 0.481 e. The van der Waals surface area contributed by atoms with Gasteiger partial charge in [-0.1, -0.05) is 12.8 Å². The topological polar surface area (TPSA) is 97.1 Å². The van der Waals surface area contributed by atoms with Crippen LogP contribution in [0.5, 0.6) is 0 Å². The number of hydrogen-bond donors (Lipinski definition) is 2. The summed E-state index contributed by atoms with van der Waals surface area (Å²) in [5.74, 6) is -1.70. The van der Waals surface area contributed by atoms with Gasteiger partial charge in [0.1, 0.15) is 0 Å². The minimum Gasteiger partial charge on any atom is -0.481 e. The fourth-order valence-corrected chi connectivity index (χ4v) is 3.64. The van der Waals surface area contributed by atoms with E-state index in [4.69, 9.17) is 0 Å². The molecule has 3 rings (SSSR count). The summed E-state index contributed by atoms with van der Waals surface area (Å²) in [6.45, 7) is 3.69. The van der Waals surface area contributed by atoms with E-state index in [-0.39, 0.29) is 5.91 Å². The van der Waals surface area contributed by atoms with Crippen molar-refractivity contribution in [2.24, 2.45) is 13.0 Å². The smallest absolute Gasteiger partial charge is 0.308 e. The van der Waals surface area contributed by atoms with Crippen LogP contribution in [0.1, 0.15) is 48.7 Å². The number of carboxylic acids is 1. The van der Waals surface area contributed by atoms with E-state index in [0.717, 1.165) is 29.6 Å². The number of aliphatic carboxylic acids is 1. The Kier molecular flexibility index (Phi) is 4.03. The summed E-state index contributed by atoms with van der Waals surface area (Å²) in [6, 6.07) is 1.77. The van der Waals surface area contributed by atoms with Gasteiger partial charge in [-0.05, 0) is 32.8 Å². The van der Waals surface area contributed by atoms with Crippen molar-refractivity contribution < 1.29 is 14.7 Å². The van der Waals surface area contributed by atoms with Crippen molar-refractivity contribution in [3.63, 3.8) is 0 Å². The van der Waals surface area contributed by atoms with Crippen LogP contribution in [0.15, 0.2) is 12.3 Å². The third-order valence-electron chi connectivity index (χ3n) is 5.03. The molecule has 0 bridgehead atoms. The highest BCUT2D eigenvalue weighted by atomic mass is 16.4. The van der Waals surface area contributed by atoms with Gasteiger partial charge in [0, 0.05) is 18.6 Å². The number of nitrogens with one attached hydrogen (secondary N) is 1. The van der Waals surface area contributed by atoms with Crippen molar-refractivity contribution >= 4 is 22.9 Å². The van der Waals surface area contributed by atoms with Gasteiger partial charge in [-0.2, -0.15) is 5.10 Å². The zero-order valence-corrected chi connectivity index (χ0v) is 14.2. The molecule has 128 valence electrons. The Balaban J connectivity index is 1.88. The fraction of sp³-hybridized carbons (Fsp3) is 0.529. The second-order valence-corrected chi connectivity index (χ2v) is 6.81. The molecule has 24 heavy (non-hydrogen) atoms. The van der Waals surface area contributed by atoms with E-state index >= 15 is 0 Å². The first-order valence-corrected chi connectivity index (χ1v) is 8.16. The second-order valence-electron chi connectivity index (χ2n) is 6.81. The van der Waals surface area contributed by atoms with Gasteiger partial charge in [0.05, 0.1) is 22.7 Å². The summed E-state index contributed by atoms with van der Waals surface area (Å²) in [4.78, 5) is 28.5. The molecule has 0 unspecified atom stereocenters. The number of aryl methyl sites for hydroxylation is 2. The minimum absolute atomic E-state index is 0.289. The van der Waals surface area contributed by atoms with Crippen LogP contribution in [-0.2, 0) is 11.8 Å². The van der Waals surface area contributed by atoms with E-state index in [2.05, 4.69) is 15.4 Å². The zero-order chi connectivity index (χ0) is 17.5. The lowest BCUT2D eigenvalue weighted by molar-refractivity contribution is -0.145. The Hall–Kier alpha value is -2.44. The summed E-state index contributed by atoms with van der Waals surface area (Å²) in [7, 11) is 1.81. The SMILES string of the molecule is Cc1nn(C)c2ncc(C(=O)N[C@@]3(C)CCCC[C@@H]3C(=O)O)cc12. The van der Waals surface area contributed by atoms with E-state index in [1.165, 1.54) is 6.20 Å². The van der Waals surface area contributed by atoms with Crippen molar-refractivity contribution in [1.82, 2.24) is 20.1 Å². The van der Waals surface area contributed by atoms with Crippen LogP contribution < -0.4 is 5.32 Å². The maximum absolute atomic E-state index is 12.7. The zero-order valence-electron chi connectivity index (χ0n) is 14.2. The number of carboxylic acid groups (broad SMARTS) is 1. The van der Waals surface area contributed by atoms with E-state index in [9.17, 15) is 14.7 Å². The number of carbonyl (C=O) groups is 2. The average Bonchev–Trinajstić information content (AvgIpc) is 2.81. The maximum Gasteiger partial charge on any atom is 0.308 e. The van der Waals surface area contributed by atoms with Gasteiger partial charge in [-0.25, -0.2) is 4.98 Å². The van der Waals surface area contributed by atoms with Gasteiger partial charge < -0.3 is 10.4 Å². The Bertz CT molecular complexity index is 814. The molecule has 2 aromatic heterocycles. The minimum atomic E-state index is -0.853. The lowest BCUT2D eigenvalue weighted by atomic mass is 9.74. The molecule has 2 N–H and O–H groups in total. The molecule has 0 saturated heterocycles. The Labute approximate surface area is 140 Å². The van der Waals surface area contributed by atoms with Crippen LogP contribution in [0.2, 0.25) is 0 Å². The maximum atomic E-state index is 12.7. The molecule has 0 aromatic carbocycles. The number of aromatic nitrogens is 3. The highest BCUT2D eigenvalue weighted by Gasteiger charge is 2.42. The van der Waals surface area contributed by atoms with Crippen molar-refractivity contribution in [2.75, 3.05) is 0 Å². The Morgan fingerprint density at radius 3 is 2.88 bits per heavy atom. The molecule has 1 aliphatic carbocycles. The molecule has 0 radical (unpaired) electrons. The lowest BCUT2D eigenvalue weighted by Gasteiger charge is -2.39. The van der Waals surface area contributed by atoms with Crippen molar-refractivity contribution in [1.29, 1.82) is 0 Å². The molecule has 0 spiro atoms. The van der Waals surface area contributed by atoms with E-state index in [0.29, 0.717) is 18.4 Å². The van der Waals surface area contributed by atoms with Gasteiger partial charge in [0.2, 0.25) is 0 Å². The summed E-state index contributed by atoms with van der Waals surface area (Å²) >= 11 is 0. The standard InChI is InChI=1S/C17H22N4O3/c1-10-12-8-11(9-18-14(12)21(3)20-10)15(22)19-17(2)7-5-4-6-13(17)16(23)24/h8-9,13H,4-7H2,1-3H3,(H,19,22)(H,23,24)/t13-,17+/m1/s1. The normalized spacial score (nSPS) is 24.0. The number of amides is 1. The van der Waals surface area contributed by atoms with Crippen molar-refractivity contribution in [3.8, 4) is 0 Å². The molecule has 2 atom stereocenters. The first-order valence-electron chi connectivity index (χ1n) is 8.16. The molecular formula is C17H22N4O3. The molecule has 0 aliphatic heterocycles. The Morgan fingerprint density at radius 2 is 2.17 bits per heavy atom. The number of hydrogen-bond acceptors (Lipinski definition) is 4. The highest BCUT2D eigenvalue weighted by molar-refractivity contribution is 5.98. The van der Waals surface area contributed by atoms with Gasteiger partial charge in [-0.15, -0.1) is 0 Å². The van der Waals surface area contributed by atoms with Gasteiger partial charge in [-0.3, -0.25) is 14.3 Å². The van der Waals surface area contributed by atoms with E-state index in [1.807, 2.05) is 20.9 Å². The first-order chi connectivity index (χ1) is 11.3. The predicted octanol–water partition coefficient (Wildman–Crippen LogP) is 2.04. The highest BCUT2D eigenvalue weighted by Crippen LogP contribution is 2.34. The Morgan fingerprint density at radius 1 is 1.42 bits per heavy atom. The van der Waals surface area contributed by atoms with Crippen LogP contribution in [0.3, 0.4) is 0 Å². The van der Waals surface area contributed by atoms with Gasteiger partial charge in [0.15, 0.2) is 5.65 Å². The molecular weight excluding hydrogens is 308 g/mol. The van der Waals surface area contributed by atoms with E-state index in [1.54, 1.807) is 10.7 Å². The third-order valence-corrected chi connectivity index (χ3v) is 5.03. The molecule has 2 heterocycles. The fourth-order valence-electron chi connectivity index (χ4n) is 3.64. The molecule has 1 amide bonds. The van der Waals surface area contributed by atoms with Gasteiger partial charge >= 0.3 is 5.97 Å². The monoisotopic (exact) mass is 330 g/mol. The van der Waals surface area contributed by atoms with Crippen LogP contribution in [0.25, 0.3) is 11.0 Å². The number of pyridine rings is 1. The number of carbonyl (C=O) groups excluding carboxylic acids is 1. The number of nitrogens with zero attached hydrogens (tertiary/aromatic N) is 3. The summed E-state index contributed by atoms with van der Waals surface area (Å²) < 4.78 is 1.68. The molecule has 1 saturated carbocycles. The van der Waals surface area contributed by atoms with Crippen LogP contribution >= 0.6 is 0 Å². The molecule has 2 aromatic rings. The summed E-state index contributed by atoms with van der Waals surface area (Å²) in [6.07, 6.45) is 4.56. The van der Waals surface area contributed by atoms with Crippen molar-refractivity contribution in [3.05, 3.63) is 23.5 Å². The molecule has 7 heteroatoms. The second kappa shape index (κ2) is 5.89. The van der Waals surface area contributed by atoms with Crippen LogP contribution in [0, 0.1) is 12.8 Å². The number of fused-ring (bicyclic) bond motifs is 1. The van der Waals surface area contributed by atoms with Crippen LogP contribution in [-0.4, -0.2) is 37.3 Å². The molecule has 7 nitrogen and oxygen atoms in total. The average molecular weight is 330 g/mol. The quantitative estimate of drug-likeness (QED) is 0.897. The summed E-state index contributed by atoms with van der Waals surface area (Å²) in [5.41, 5.74) is 1.22. The van der Waals surface area contributed by atoms with Gasteiger partial charge in [0.25, 0.3) is 5.91 Å². The molecule has 1 aliphatic rings. The van der Waals surface area contributed by atoms with Crippen LogP contribution in [0.4, 0.5) is 0 Å². The predicted molar refractivity (Wildman–Crippen MR) is 88.7 cm³/mol. The van der Waals surface area contributed by atoms with E-state index < -0.39 is 17.4 Å². The molecule has 1 fully saturated rings. The summed E-state index contributed by atoms with van der Waals surface area (Å²) in [5, 5.41) is 17.5. The first kappa shape index (κ1) is 16.4. The third kappa shape index (κ3) is 2.74. The lowest BCUT2D eigenvalue weighted by Crippen LogP contribution is -2.55. The number of rotatable bonds is 3. The van der Waals surface area contributed by atoms with Crippen molar-refractivity contribution in [2.45, 2.75) is 45.1 Å².